The molecule has 0 saturated heterocycles. The smallest absolute Gasteiger partial charge is 0.334 e. The molecule has 3 unspecified atom stereocenters. The van der Waals surface area contributed by atoms with Crippen molar-refractivity contribution in [2.45, 2.75) is 38.8 Å². The van der Waals surface area contributed by atoms with Crippen LogP contribution in [0.15, 0.2) is 11.6 Å². The van der Waals surface area contributed by atoms with Crippen LogP contribution in [0.25, 0.3) is 0 Å². The summed E-state index contributed by atoms with van der Waals surface area (Å²) in [5.41, 5.74) is 1.46. The molecule has 1 fully saturated rings. The van der Waals surface area contributed by atoms with Gasteiger partial charge in [0.25, 0.3) is 0 Å². The van der Waals surface area contributed by atoms with Gasteiger partial charge in [0.1, 0.15) is 0 Å². The van der Waals surface area contributed by atoms with E-state index >= 15 is 0 Å². The molecule has 0 amide bonds. The standard InChI is InChI=1S/C15H26O4Si/c1-11-8-13-9-12(11)10-14(13)15(16)19-6-5-7-20(4,17-2)18-3/h8,12-14H,5-7,9-10H2,1-4H3. The topological polar surface area (TPSA) is 44.8 Å². The van der Waals surface area contributed by atoms with E-state index in [0.29, 0.717) is 18.4 Å². The summed E-state index contributed by atoms with van der Waals surface area (Å²) in [6, 6.07) is 0.850. The number of hydrogen-bond donors (Lipinski definition) is 0. The van der Waals surface area contributed by atoms with Gasteiger partial charge in [-0.3, -0.25) is 4.79 Å². The predicted molar refractivity (Wildman–Crippen MR) is 79.5 cm³/mol. The zero-order valence-corrected chi connectivity index (χ0v) is 14.0. The summed E-state index contributed by atoms with van der Waals surface area (Å²) in [4.78, 5) is 12.1. The van der Waals surface area contributed by atoms with E-state index in [9.17, 15) is 4.79 Å². The summed E-state index contributed by atoms with van der Waals surface area (Å²) in [5, 5.41) is 0. The Bertz CT molecular complexity index is 389. The lowest BCUT2D eigenvalue weighted by atomic mass is 9.90. The molecule has 5 heteroatoms. The first-order valence-electron chi connectivity index (χ1n) is 7.44. The van der Waals surface area contributed by atoms with E-state index in [0.717, 1.165) is 25.3 Å². The predicted octanol–water partition coefficient (Wildman–Crippen LogP) is 2.89. The third kappa shape index (κ3) is 3.32. The first kappa shape index (κ1) is 15.7. The van der Waals surface area contributed by atoms with Crippen LogP contribution in [0.2, 0.25) is 12.6 Å². The number of esters is 1. The second-order valence-electron chi connectivity index (χ2n) is 6.16. The van der Waals surface area contributed by atoms with Crippen molar-refractivity contribution in [1.29, 1.82) is 0 Å². The highest BCUT2D eigenvalue weighted by Gasteiger charge is 2.43. The summed E-state index contributed by atoms with van der Waals surface area (Å²) in [5.74, 6) is 1.12. The van der Waals surface area contributed by atoms with Gasteiger partial charge in [0.15, 0.2) is 0 Å². The molecule has 20 heavy (non-hydrogen) atoms. The van der Waals surface area contributed by atoms with Gasteiger partial charge in [0.05, 0.1) is 12.5 Å². The third-order valence-corrected chi connectivity index (χ3v) is 7.91. The maximum atomic E-state index is 12.1. The molecule has 0 heterocycles. The SMILES string of the molecule is CO[Si](C)(CCCOC(=O)C1CC2CC1C=C2C)OC. The van der Waals surface area contributed by atoms with E-state index in [1.165, 1.54) is 5.57 Å². The quantitative estimate of drug-likeness (QED) is 0.314. The fraction of sp³-hybridized carbons (Fsp3) is 0.800. The highest BCUT2D eigenvalue weighted by atomic mass is 28.4. The van der Waals surface area contributed by atoms with Gasteiger partial charge in [-0.1, -0.05) is 11.6 Å². The molecule has 0 N–H and O–H groups in total. The van der Waals surface area contributed by atoms with Crippen LogP contribution in [-0.4, -0.2) is 35.4 Å². The molecule has 0 spiro atoms. The zero-order chi connectivity index (χ0) is 14.8. The number of fused-ring (bicyclic) bond motifs is 2. The van der Waals surface area contributed by atoms with Gasteiger partial charge in [0, 0.05) is 14.2 Å². The molecule has 2 bridgehead atoms. The molecule has 0 aromatic heterocycles. The maximum Gasteiger partial charge on any atom is 0.334 e. The molecule has 3 atom stereocenters. The first-order chi connectivity index (χ1) is 9.49. The minimum absolute atomic E-state index is 0.0144. The lowest BCUT2D eigenvalue weighted by Gasteiger charge is -2.23. The van der Waals surface area contributed by atoms with Crippen molar-refractivity contribution >= 4 is 14.5 Å². The van der Waals surface area contributed by atoms with Gasteiger partial charge in [-0.05, 0) is 50.6 Å². The maximum absolute atomic E-state index is 12.1. The normalized spacial score (nSPS) is 28.6. The van der Waals surface area contributed by atoms with Crippen molar-refractivity contribution < 1.29 is 18.4 Å². The molecule has 2 aliphatic rings. The molecule has 4 nitrogen and oxygen atoms in total. The highest BCUT2D eigenvalue weighted by molar-refractivity contribution is 6.65. The Morgan fingerprint density at radius 1 is 1.35 bits per heavy atom. The average molecular weight is 298 g/mol. The Morgan fingerprint density at radius 3 is 2.55 bits per heavy atom. The Morgan fingerprint density at radius 2 is 2.05 bits per heavy atom. The molecule has 0 aromatic rings. The molecular weight excluding hydrogens is 272 g/mol. The van der Waals surface area contributed by atoms with E-state index in [1.54, 1.807) is 14.2 Å². The largest absolute Gasteiger partial charge is 0.465 e. The van der Waals surface area contributed by atoms with Crippen molar-refractivity contribution in [3.05, 3.63) is 11.6 Å². The molecule has 114 valence electrons. The lowest BCUT2D eigenvalue weighted by Crippen LogP contribution is -2.36. The molecule has 1 saturated carbocycles. The summed E-state index contributed by atoms with van der Waals surface area (Å²) < 4.78 is 16.3. The van der Waals surface area contributed by atoms with Crippen LogP contribution in [0, 0.1) is 17.8 Å². The summed E-state index contributed by atoms with van der Waals surface area (Å²) in [6.45, 7) is 4.68. The molecular formula is C15H26O4Si. The van der Waals surface area contributed by atoms with Gasteiger partial charge < -0.3 is 13.6 Å². The van der Waals surface area contributed by atoms with Crippen molar-refractivity contribution in [3.63, 3.8) is 0 Å². The van der Waals surface area contributed by atoms with Crippen LogP contribution in [0.1, 0.15) is 26.2 Å². The van der Waals surface area contributed by atoms with Crippen LogP contribution in [-0.2, 0) is 18.4 Å². The van der Waals surface area contributed by atoms with Crippen LogP contribution in [0.4, 0.5) is 0 Å². The van der Waals surface area contributed by atoms with E-state index in [-0.39, 0.29) is 11.9 Å². The molecule has 0 aliphatic heterocycles. The van der Waals surface area contributed by atoms with Gasteiger partial charge in [0.2, 0.25) is 0 Å². The average Bonchev–Trinajstić information content (AvgIpc) is 3.02. The summed E-state index contributed by atoms with van der Waals surface area (Å²) >= 11 is 0. The number of carbonyl (C=O) groups is 1. The van der Waals surface area contributed by atoms with E-state index in [1.807, 2.05) is 6.55 Å². The number of allylic oxidation sites excluding steroid dienone is 2. The number of hydrogen-bond acceptors (Lipinski definition) is 4. The van der Waals surface area contributed by atoms with Crippen molar-refractivity contribution in [2.75, 3.05) is 20.8 Å². The second kappa shape index (κ2) is 6.41. The minimum Gasteiger partial charge on any atom is -0.465 e. The van der Waals surface area contributed by atoms with Crippen LogP contribution in [0.3, 0.4) is 0 Å². The van der Waals surface area contributed by atoms with Crippen LogP contribution in [0.5, 0.6) is 0 Å². The van der Waals surface area contributed by atoms with E-state index < -0.39 is 8.56 Å². The zero-order valence-electron chi connectivity index (χ0n) is 13.0. The second-order valence-corrected chi connectivity index (χ2v) is 9.75. The summed E-state index contributed by atoms with van der Waals surface area (Å²) in [6.07, 6.45) is 5.20. The molecule has 0 aromatic carbocycles. The molecule has 2 rings (SSSR count). The third-order valence-electron chi connectivity index (χ3n) is 4.92. The Balaban J connectivity index is 1.69. The number of rotatable bonds is 7. The van der Waals surface area contributed by atoms with Crippen LogP contribution >= 0.6 is 0 Å². The monoisotopic (exact) mass is 298 g/mol. The highest BCUT2D eigenvalue weighted by Crippen LogP contribution is 2.47. The van der Waals surface area contributed by atoms with Crippen molar-refractivity contribution in [2.24, 2.45) is 17.8 Å². The van der Waals surface area contributed by atoms with Gasteiger partial charge in [-0.15, -0.1) is 0 Å². The number of ether oxygens (including phenoxy) is 1. The number of carbonyl (C=O) groups excluding carboxylic acids is 1. The van der Waals surface area contributed by atoms with Gasteiger partial charge in [-0.25, -0.2) is 0 Å². The molecule has 0 radical (unpaired) electrons. The fourth-order valence-electron chi connectivity index (χ4n) is 3.33. The Kier molecular flexibility index (Phi) is 5.04. The Hall–Kier alpha value is -0.653. The minimum atomic E-state index is -2.02. The fourth-order valence-corrected chi connectivity index (χ4v) is 4.69. The lowest BCUT2D eigenvalue weighted by molar-refractivity contribution is -0.149. The van der Waals surface area contributed by atoms with Crippen molar-refractivity contribution in [1.82, 2.24) is 0 Å². The van der Waals surface area contributed by atoms with Crippen LogP contribution < -0.4 is 0 Å². The Labute approximate surface area is 122 Å². The van der Waals surface area contributed by atoms with Crippen molar-refractivity contribution in [3.8, 4) is 0 Å². The summed E-state index contributed by atoms with van der Waals surface area (Å²) in [7, 11) is 1.35. The molecule has 2 aliphatic carbocycles. The van der Waals surface area contributed by atoms with E-state index in [4.69, 9.17) is 13.6 Å². The van der Waals surface area contributed by atoms with Gasteiger partial charge in [-0.2, -0.15) is 0 Å². The van der Waals surface area contributed by atoms with E-state index in [2.05, 4.69) is 13.0 Å². The first-order valence-corrected chi connectivity index (χ1v) is 9.96. The van der Waals surface area contributed by atoms with Gasteiger partial charge >= 0.3 is 14.5 Å².